The first-order valence-corrected chi connectivity index (χ1v) is 7.69. The average Bonchev–Trinajstić information content (AvgIpc) is 2.81. The summed E-state index contributed by atoms with van der Waals surface area (Å²) in [6.45, 7) is 3.19. The molecule has 0 spiro atoms. The second kappa shape index (κ2) is 6.97. The third-order valence-electron chi connectivity index (χ3n) is 2.68. The van der Waals surface area contributed by atoms with Crippen molar-refractivity contribution in [3.8, 4) is 0 Å². The minimum Gasteiger partial charge on any atom is -0.310 e. The molecule has 0 amide bonds. The highest BCUT2D eigenvalue weighted by Gasteiger charge is 2.12. The summed E-state index contributed by atoms with van der Waals surface area (Å²) in [7, 11) is 0. The molecule has 0 aromatic carbocycles. The molecular formula is C13H16BrN3S. The topological polar surface area (TPSA) is 37.8 Å². The highest BCUT2D eigenvalue weighted by molar-refractivity contribution is 9.10. The predicted octanol–water partition coefficient (Wildman–Crippen LogP) is 3.58. The van der Waals surface area contributed by atoms with Crippen LogP contribution in [-0.2, 0) is 6.42 Å². The zero-order chi connectivity index (χ0) is 12.8. The highest BCUT2D eigenvalue weighted by atomic mass is 79.9. The van der Waals surface area contributed by atoms with E-state index in [9.17, 15) is 0 Å². The van der Waals surface area contributed by atoms with Crippen LogP contribution in [0, 0.1) is 0 Å². The van der Waals surface area contributed by atoms with Gasteiger partial charge in [-0.05, 0) is 46.6 Å². The van der Waals surface area contributed by atoms with Gasteiger partial charge in [-0.3, -0.25) is 0 Å². The molecule has 0 saturated heterocycles. The second-order valence-electron chi connectivity index (χ2n) is 4.12. The number of rotatable bonds is 6. The van der Waals surface area contributed by atoms with Crippen molar-refractivity contribution in [2.24, 2.45) is 0 Å². The number of thiophene rings is 1. The van der Waals surface area contributed by atoms with Gasteiger partial charge in [-0.25, -0.2) is 0 Å². The maximum atomic E-state index is 3.96. The van der Waals surface area contributed by atoms with Gasteiger partial charge in [0, 0.05) is 33.4 Å². The van der Waals surface area contributed by atoms with Gasteiger partial charge in [0.1, 0.15) is 0 Å². The average molecular weight is 326 g/mol. The van der Waals surface area contributed by atoms with Crippen LogP contribution in [0.15, 0.2) is 34.4 Å². The fraction of sp³-hybridized carbons (Fsp3) is 0.385. The van der Waals surface area contributed by atoms with Gasteiger partial charge in [0.2, 0.25) is 0 Å². The monoisotopic (exact) mass is 325 g/mol. The second-order valence-corrected chi connectivity index (χ2v) is 6.03. The van der Waals surface area contributed by atoms with Crippen molar-refractivity contribution in [3.63, 3.8) is 0 Å². The van der Waals surface area contributed by atoms with Gasteiger partial charge in [0.25, 0.3) is 0 Å². The molecule has 3 nitrogen and oxygen atoms in total. The molecule has 0 aliphatic heterocycles. The number of hydrogen-bond acceptors (Lipinski definition) is 4. The summed E-state index contributed by atoms with van der Waals surface area (Å²) >= 11 is 5.28. The van der Waals surface area contributed by atoms with E-state index in [0.717, 1.165) is 23.9 Å². The lowest BCUT2D eigenvalue weighted by Crippen LogP contribution is -2.24. The molecule has 0 aliphatic rings. The van der Waals surface area contributed by atoms with Crippen LogP contribution in [0.1, 0.15) is 29.8 Å². The standard InChI is InChI=1S/C13H16BrN3S/c1-2-4-15-13(10-3-5-16-17-8-10)7-12-6-11(14)9-18-12/h3,5-6,8-9,13,15H,2,4,7H2,1H3. The van der Waals surface area contributed by atoms with Crippen molar-refractivity contribution >= 4 is 27.3 Å². The molecule has 0 fully saturated rings. The molecule has 2 aromatic heterocycles. The molecule has 0 radical (unpaired) electrons. The van der Waals surface area contributed by atoms with Gasteiger partial charge >= 0.3 is 0 Å². The van der Waals surface area contributed by atoms with Crippen LogP contribution in [-0.4, -0.2) is 16.7 Å². The zero-order valence-electron chi connectivity index (χ0n) is 10.3. The Hall–Kier alpha value is -0.780. The lowest BCUT2D eigenvalue weighted by molar-refractivity contribution is 0.529. The molecule has 1 N–H and O–H groups in total. The maximum Gasteiger partial charge on any atom is 0.0544 e. The Morgan fingerprint density at radius 2 is 2.33 bits per heavy atom. The van der Waals surface area contributed by atoms with Crippen LogP contribution in [0.5, 0.6) is 0 Å². The Labute approximate surface area is 120 Å². The van der Waals surface area contributed by atoms with E-state index < -0.39 is 0 Å². The SMILES string of the molecule is CCCNC(Cc1cc(Br)cs1)c1ccnnc1. The molecular weight excluding hydrogens is 310 g/mol. The molecule has 0 bridgehead atoms. The van der Waals surface area contributed by atoms with Crippen LogP contribution < -0.4 is 5.32 Å². The Kier molecular flexibility index (Phi) is 5.28. The van der Waals surface area contributed by atoms with Crippen LogP contribution in [0.2, 0.25) is 0 Å². The van der Waals surface area contributed by atoms with E-state index in [4.69, 9.17) is 0 Å². The maximum absolute atomic E-state index is 3.96. The smallest absolute Gasteiger partial charge is 0.0544 e. The first kappa shape index (κ1) is 13.6. The minimum atomic E-state index is 0.311. The third kappa shape index (κ3) is 3.86. The van der Waals surface area contributed by atoms with E-state index in [0.29, 0.717) is 6.04 Å². The van der Waals surface area contributed by atoms with E-state index in [1.54, 1.807) is 17.5 Å². The summed E-state index contributed by atoms with van der Waals surface area (Å²) in [5.41, 5.74) is 1.20. The predicted molar refractivity (Wildman–Crippen MR) is 78.8 cm³/mol. The van der Waals surface area contributed by atoms with E-state index in [-0.39, 0.29) is 0 Å². The van der Waals surface area contributed by atoms with Crippen LogP contribution in [0.3, 0.4) is 0 Å². The quantitative estimate of drug-likeness (QED) is 0.882. The van der Waals surface area contributed by atoms with E-state index in [1.165, 1.54) is 10.4 Å². The molecule has 0 saturated carbocycles. The normalized spacial score (nSPS) is 12.6. The van der Waals surface area contributed by atoms with Crippen LogP contribution in [0.4, 0.5) is 0 Å². The molecule has 1 atom stereocenters. The lowest BCUT2D eigenvalue weighted by atomic mass is 10.1. The lowest BCUT2D eigenvalue weighted by Gasteiger charge is -2.17. The molecule has 18 heavy (non-hydrogen) atoms. The molecule has 2 heterocycles. The Morgan fingerprint density at radius 1 is 1.44 bits per heavy atom. The summed E-state index contributed by atoms with van der Waals surface area (Å²) in [6.07, 6.45) is 5.71. The van der Waals surface area contributed by atoms with Crippen LogP contribution >= 0.6 is 27.3 Å². The summed E-state index contributed by atoms with van der Waals surface area (Å²) in [5.74, 6) is 0. The van der Waals surface area contributed by atoms with Crippen molar-refractivity contribution in [1.82, 2.24) is 15.5 Å². The third-order valence-corrected chi connectivity index (χ3v) is 4.40. The number of halogens is 1. The Bertz CT molecular complexity index is 472. The number of nitrogens with zero attached hydrogens (tertiary/aromatic N) is 2. The summed E-state index contributed by atoms with van der Waals surface area (Å²) < 4.78 is 1.16. The first-order valence-electron chi connectivity index (χ1n) is 6.02. The van der Waals surface area contributed by atoms with Crippen molar-refractivity contribution in [2.45, 2.75) is 25.8 Å². The molecule has 2 aromatic rings. The molecule has 96 valence electrons. The van der Waals surface area contributed by atoms with Crippen molar-refractivity contribution < 1.29 is 0 Å². The van der Waals surface area contributed by atoms with Crippen molar-refractivity contribution in [3.05, 3.63) is 44.8 Å². The largest absolute Gasteiger partial charge is 0.310 e. The summed E-state index contributed by atoms with van der Waals surface area (Å²) in [5, 5.41) is 13.5. The van der Waals surface area contributed by atoms with Gasteiger partial charge in [-0.15, -0.1) is 11.3 Å². The number of aromatic nitrogens is 2. The van der Waals surface area contributed by atoms with E-state index >= 15 is 0 Å². The molecule has 0 aliphatic carbocycles. The van der Waals surface area contributed by atoms with Crippen molar-refractivity contribution in [1.29, 1.82) is 0 Å². The minimum absolute atomic E-state index is 0.311. The van der Waals surface area contributed by atoms with E-state index in [2.05, 4.69) is 49.8 Å². The fourth-order valence-electron chi connectivity index (χ4n) is 1.80. The number of hydrogen-bond donors (Lipinski definition) is 1. The van der Waals surface area contributed by atoms with Crippen LogP contribution in [0.25, 0.3) is 0 Å². The summed E-state index contributed by atoms with van der Waals surface area (Å²) in [4.78, 5) is 1.37. The van der Waals surface area contributed by atoms with Gasteiger partial charge < -0.3 is 5.32 Å². The molecule has 1 unspecified atom stereocenters. The van der Waals surface area contributed by atoms with Crippen molar-refractivity contribution in [2.75, 3.05) is 6.54 Å². The van der Waals surface area contributed by atoms with Gasteiger partial charge in [-0.1, -0.05) is 6.92 Å². The Balaban J connectivity index is 2.10. The molecule has 2 rings (SSSR count). The molecule has 5 heteroatoms. The van der Waals surface area contributed by atoms with Gasteiger partial charge in [0.15, 0.2) is 0 Å². The van der Waals surface area contributed by atoms with E-state index in [1.807, 2.05) is 12.3 Å². The Morgan fingerprint density at radius 3 is 2.94 bits per heavy atom. The summed E-state index contributed by atoms with van der Waals surface area (Å²) in [6, 6.07) is 4.52. The van der Waals surface area contributed by atoms with Gasteiger partial charge in [0.05, 0.1) is 6.20 Å². The number of nitrogens with one attached hydrogen (secondary N) is 1. The highest BCUT2D eigenvalue weighted by Crippen LogP contribution is 2.25. The fourth-order valence-corrected chi connectivity index (χ4v) is 3.29. The van der Waals surface area contributed by atoms with Gasteiger partial charge in [-0.2, -0.15) is 10.2 Å². The first-order chi connectivity index (χ1) is 8.79. The zero-order valence-corrected chi connectivity index (χ0v) is 12.7.